The summed E-state index contributed by atoms with van der Waals surface area (Å²) in [6, 6.07) is 14.5. The number of hydrogen-bond acceptors (Lipinski definition) is 2. The molecule has 1 atom stereocenters. The van der Waals surface area contributed by atoms with Gasteiger partial charge in [0.15, 0.2) is 0 Å². The number of hydrogen-bond donors (Lipinski definition) is 1. The van der Waals surface area contributed by atoms with Crippen LogP contribution in [0, 0.1) is 5.82 Å². The zero-order valence-electron chi connectivity index (χ0n) is 14.6. The first-order valence-corrected chi connectivity index (χ1v) is 8.23. The van der Waals surface area contributed by atoms with Gasteiger partial charge in [-0.05, 0) is 55.8 Å². The lowest BCUT2D eigenvalue weighted by Crippen LogP contribution is -2.16. The molecular formula is C20H25FN2O. The number of carbonyl (C=O) groups is 1. The lowest BCUT2D eigenvalue weighted by molar-refractivity contribution is -0.116. The Kier molecular flexibility index (Phi) is 6.50. The molecule has 4 heteroatoms. The quantitative estimate of drug-likeness (QED) is 0.831. The summed E-state index contributed by atoms with van der Waals surface area (Å²) in [6.07, 6.45) is 1.23. The van der Waals surface area contributed by atoms with Crippen LogP contribution in [0.4, 0.5) is 10.1 Å². The zero-order valence-corrected chi connectivity index (χ0v) is 14.6. The first kappa shape index (κ1) is 18.1. The van der Waals surface area contributed by atoms with Crippen molar-refractivity contribution in [2.24, 2.45) is 0 Å². The molecule has 0 bridgehead atoms. The standard InChI is InChI=1S/C20H25FN2O/c1-15(18-6-4-5-7-19(18)21)14-20(24)22-17-10-8-16(9-11-17)12-13-23(2)3/h4-11,15H,12-14H2,1-3H3,(H,22,24). The minimum absolute atomic E-state index is 0.105. The fourth-order valence-electron chi connectivity index (χ4n) is 2.58. The van der Waals surface area contributed by atoms with Crippen LogP contribution in [0.1, 0.15) is 30.4 Å². The van der Waals surface area contributed by atoms with Crippen LogP contribution in [-0.2, 0) is 11.2 Å². The van der Waals surface area contributed by atoms with E-state index in [1.807, 2.05) is 45.3 Å². The van der Waals surface area contributed by atoms with Crippen molar-refractivity contribution in [2.45, 2.75) is 25.7 Å². The van der Waals surface area contributed by atoms with Gasteiger partial charge in [-0.15, -0.1) is 0 Å². The summed E-state index contributed by atoms with van der Waals surface area (Å²) in [5.74, 6) is -0.527. The van der Waals surface area contributed by atoms with Crippen LogP contribution in [0.3, 0.4) is 0 Å². The molecule has 1 N–H and O–H groups in total. The van der Waals surface area contributed by atoms with Crippen LogP contribution in [0.2, 0.25) is 0 Å². The van der Waals surface area contributed by atoms with Crippen molar-refractivity contribution in [3.63, 3.8) is 0 Å². The zero-order chi connectivity index (χ0) is 17.5. The first-order valence-electron chi connectivity index (χ1n) is 8.23. The van der Waals surface area contributed by atoms with Gasteiger partial charge in [0.05, 0.1) is 0 Å². The molecule has 0 aromatic heterocycles. The van der Waals surface area contributed by atoms with E-state index in [0.717, 1.165) is 18.7 Å². The SMILES string of the molecule is CC(CC(=O)Nc1ccc(CCN(C)C)cc1)c1ccccc1F. The van der Waals surface area contributed by atoms with Crippen molar-refractivity contribution in [1.82, 2.24) is 4.90 Å². The summed E-state index contributed by atoms with van der Waals surface area (Å²) in [6.45, 7) is 2.86. The Labute approximate surface area is 143 Å². The Balaban J connectivity index is 1.89. The molecule has 2 aromatic rings. The summed E-state index contributed by atoms with van der Waals surface area (Å²) < 4.78 is 13.8. The molecule has 2 rings (SSSR count). The average Bonchev–Trinajstić information content (AvgIpc) is 2.54. The van der Waals surface area contributed by atoms with Crippen molar-refractivity contribution < 1.29 is 9.18 Å². The second-order valence-corrected chi connectivity index (χ2v) is 6.43. The van der Waals surface area contributed by atoms with Crippen molar-refractivity contribution in [3.05, 3.63) is 65.5 Å². The highest BCUT2D eigenvalue weighted by Crippen LogP contribution is 2.22. The Bertz CT molecular complexity index is 668. The molecule has 2 aromatic carbocycles. The molecule has 0 aliphatic heterocycles. The molecule has 0 aliphatic rings. The van der Waals surface area contributed by atoms with Gasteiger partial charge in [0.25, 0.3) is 0 Å². The maximum absolute atomic E-state index is 13.8. The predicted octanol–water partition coefficient (Wildman–Crippen LogP) is 4.06. The van der Waals surface area contributed by atoms with E-state index in [1.54, 1.807) is 18.2 Å². The number of likely N-dealkylation sites (N-methyl/N-ethyl adjacent to an activating group) is 1. The summed E-state index contributed by atoms with van der Waals surface area (Å²) in [7, 11) is 4.09. The summed E-state index contributed by atoms with van der Waals surface area (Å²) in [5, 5.41) is 2.88. The van der Waals surface area contributed by atoms with Gasteiger partial charge in [0, 0.05) is 18.7 Å². The number of rotatable bonds is 7. The molecule has 1 amide bonds. The van der Waals surface area contributed by atoms with E-state index in [-0.39, 0.29) is 24.1 Å². The Morgan fingerprint density at radius 1 is 1.12 bits per heavy atom. The van der Waals surface area contributed by atoms with Crippen LogP contribution in [0.15, 0.2) is 48.5 Å². The predicted molar refractivity (Wildman–Crippen MR) is 96.8 cm³/mol. The number of benzene rings is 2. The van der Waals surface area contributed by atoms with Gasteiger partial charge < -0.3 is 10.2 Å². The van der Waals surface area contributed by atoms with Crippen LogP contribution < -0.4 is 5.32 Å². The highest BCUT2D eigenvalue weighted by atomic mass is 19.1. The molecule has 0 radical (unpaired) electrons. The van der Waals surface area contributed by atoms with Gasteiger partial charge in [-0.2, -0.15) is 0 Å². The van der Waals surface area contributed by atoms with E-state index < -0.39 is 0 Å². The molecule has 0 heterocycles. The third-order valence-electron chi connectivity index (χ3n) is 4.01. The molecular weight excluding hydrogens is 303 g/mol. The van der Waals surface area contributed by atoms with Crippen molar-refractivity contribution in [3.8, 4) is 0 Å². The lowest BCUT2D eigenvalue weighted by atomic mass is 9.97. The molecule has 0 aliphatic carbocycles. The molecule has 0 saturated carbocycles. The maximum Gasteiger partial charge on any atom is 0.224 e. The highest BCUT2D eigenvalue weighted by Gasteiger charge is 2.14. The second kappa shape index (κ2) is 8.60. The molecule has 128 valence electrons. The molecule has 0 spiro atoms. The number of anilines is 1. The van der Waals surface area contributed by atoms with Crippen molar-refractivity contribution >= 4 is 11.6 Å². The van der Waals surface area contributed by atoms with Gasteiger partial charge in [-0.25, -0.2) is 4.39 Å². The summed E-state index contributed by atoms with van der Waals surface area (Å²) in [4.78, 5) is 14.3. The smallest absolute Gasteiger partial charge is 0.224 e. The lowest BCUT2D eigenvalue weighted by Gasteiger charge is -2.13. The molecule has 0 saturated heterocycles. The van der Waals surface area contributed by atoms with E-state index in [9.17, 15) is 9.18 Å². The van der Waals surface area contributed by atoms with E-state index in [2.05, 4.69) is 10.2 Å². The largest absolute Gasteiger partial charge is 0.326 e. The van der Waals surface area contributed by atoms with Crippen LogP contribution in [-0.4, -0.2) is 31.4 Å². The van der Waals surface area contributed by atoms with E-state index in [4.69, 9.17) is 0 Å². The Morgan fingerprint density at radius 2 is 1.79 bits per heavy atom. The number of nitrogens with one attached hydrogen (secondary N) is 1. The highest BCUT2D eigenvalue weighted by molar-refractivity contribution is 5.91. The van der Waals surface area contributed by atoms with Crippen LogP contribution in [0.25, 0.3) is 0 Å². The molecule has 24 heavy (non-hydrogen) atoms. The topological polar surface area (TPSA) is 32.3 Å². The summed E-state index contributed by atoms with van der Waals surface area (Å²) in [5.41, 5.74) is 2.59. The van der Waals surface area contributed by atoms with Gasteiger partial charge >= 0.3 is 0 Å². The van der Waals surface area contributed by atoms with Crippen molar-refractivity contribution in [1.29, 1.82) is 0 Å². The fourth-order valence-corrected chi connectivity index (χ4v) is 2.58. The molecule has 0 fully saturated rings. The van der Waals surface area contributed by atoms with E-state index in [1.165, 1.54) is 11.6 Å². The third kappa shape index (κ3) is 5.46. The minimum atomic E-state index is -0.261. The monoisotopic (exact) mass is 328 g/mol. The minimum Gasteiger partial charge on any atom is -0.326 e. The summed E-state index contributed by atoms with van der Waals surface area (Å²) >= 11 is 0. The normalized spacial score (nSPS) is 12.2. The Morgan fingerprint density at radius 3 is 2.42 bits per heavy atom. The fraction of sp³-hybridized carbons (Fsp3) is 0.350. The number of amides is 1. The number of carbonyl (C=O) groups excluding carboxylic acids is 1. The van der Waals surface area contributed by atoms with Crippen molar-refractivity contribution in [2.75, 3.05) is 26.0 Å². The Hall–Kier alpha value is -2.20. The second-order valence-electron chi connectivity index (χ2n) is 6.43. The van der Waals surface area contributed by atoms with Gasteiger partial charge in [0.1, 0.15) is 5.82 Å². The number of nitrogens with zero attached hydrogens (tertiary/aromatic N) is 1. The molecule has 3 nitrogen and oxygen atoms in total. The van der Waals surface area contributed by atoms with Gasteiger partial charge in [-0.1, -0.05) is 37.3 Å². The van der Waals surface area contributed by atoms with E-state index in [0.29, 0.717) is 5.56 Å². The number of halogens is 1. The van der Waals surface area contributed by atoms with Gasteiger partial charge in [-0.3, -0.25) is 4.79 Å². The maximum atomic E-state index is 13.8. The molecule has 1 unspecified atom stereocenters. The van der Waals surface area contributed by atoms with E-state index >= 15 is 0 Å². The van der Waals surface area contributed by atoms with Crippen LogP contribution in [0.5, 0.6) is 0 Å². The van der Waals surface area contributed by atoms with Gasteiger partial charge in [0.2, 0.25) is 5.91 Å². The average molecular weight is 328 g/mol. The first-order chi connectivity index (χ1) is 11.5. The third-order valence-corrected chi connectivity index (χ3v) is 4.01. The van der Waals surface area contributed by atoms with Crippen LogP contribution >= 0.6 is 0 Å².